The van der Waals surface area contributed by atoms with Crippen LogP contribution < -0.4 is 5.73 Å². The topological polar surface area (TPSA) is 38.5 Å². The van der Waals surface area contributed by atoms with E-state index in [0.717, 1.165) is 25.7 Å². The van der Waals surface area contributed by atoms with Crippen LogP contribution in [0.2, 0.25) is 0 Å². The van der Waals surface area contributed by atoms with Crippen molar-refractivity contribution in [1.82, 2.24) is 4.90 Å². The highest BCUT2D eigenvalue weighted by molar-refractivity contribution is 4.87. The Kier molecular flexibility index (Phi) is 2.86. The van der Waals surface area contributed by atoms with E-state index in [2.05, 4.69) is 11.9 Å². The van der Waals surface area contributed by atoms with Crippen LogP contribution in [-0.4, -0.2) is 43.8 Å². The molecule has 1 saturated heterocycles. The molecule has 0 bridgehead atoms. The molecule has 2 fully saturated rings. The second kappa shape index (κ2) is 3.95. The summed E-state index contributed by atoms with van der Waals surface area (Å²) in [4.78, 5) is 2.37. The van der Waals surface area contributed by atoms with Gasteiger partial charge in [-0.15, -0.1) is 0 Å². The van der Waals surface area contributed by atoms with Gasteiger partial charge < -0.3 is 10.5 Å². The Balaban J connectivity index is 1.72. The molecule has 2 unspecified atom stereocenters. The Morgan fingerprint density at radius 3 is 2.77 bits per heavy atom. The molecule has 1 saturated carbocycles. The molecule has 1 aliphatic heterocycles. The van der Waals surface area contributed by atoms with E-state index in [0.29, 0.717) is 12.1 Å². The van der Waals surface area contributed by atoms with Crippen molar-refractivity contribution < 1.29 is 4.74 Å². The van der Waals surface area contributed by atoms with Gasteiger partial charge in [-0.05, 0) is 32.2 Å². The molecule has 2 rings (SSSR count). The lowest BCUT2D eigenvalue weighted by atomic mass is 10.1. The minimum absolute atomic E-state index is 0.394. The van der Waals surface area contributed by atoms with Gasteiger partial charge >= 0.3 is 0 Å². The molecule has 3 heteroatoms. The average molecular weight is 184 g/mol. The SMILES string of the molecule is CN(CC(N)C1CC1)C1CCOC1. The first-order valence-corrected chi connectivity index (χ1v) is 5.31. The van der Waals surface area contributed by atoms with E-state index in [1.165, 1.54) is 19.3 Å². The molecule has 1 aliphatic carbocycles. The summed E-state index contributed by atoms with van der Waals surface area (Å²) < 4.78 is 5.35. The third-order valence-corrected chi connectivity index (χ3v) is 3.26. The summed E-state index contributed by atoms with van der Waals surface area (Å²) in [5, 5.41) is 0. The molecule has 0 aromatic heterocycles. The lowest BCUT2D eigenvalue weighted by Gasteiger charge is -2.25. The van der Waals surface area contributed by atoms with Crippen molar-refractivity contribution in [3.63, 3.8) is 0 Å². The second-order valence-corrected chi connectivity index (χ2v) is 4.46. The van der Waals surface area contributed by atoms with Crippen LogP contribution in [0.1, 0.15) is 19.3 Å². The first-order valence-electron chi connectivity index (χ1n) is 5.31. The van der Waals surface area contributed by atoms with Crippen LogP contribution in [0, 0.1) is 5.92 Å². The van der Waals surface area contributed by atoms with Gasteiger partial charge in [-0.1, -0.05) is 0 Å². The number of likely N-dealkylation sites (N-methyl/N-ethyl adjacent to an activating group) is 1. The number of hydrogen-bond donors (Lipinski definition) is 1. The molecule has 0 spiro atoms. The van der Waals surface area contributed by atoms with Crippen molar-refractivity contribution in [3.05, 3.63) is 0 Å². The van der Waals surface area contributed by atoms with E-state index in [-0.39, 0.29) is 0 Å². The van der Waals surface area contributed by atoms with Gasteiger partial charge in [0.05, 0.1) is 6.61 Å². The van der Waals surface area contributed by atoms with Gasteiger partial charge in [0.2, 0.25) is 0 Å². The van der Waals surface area contributed by atoms with Crippen LogP contribution in [0.3, 0.4) is 0 Å². The predicted octanol–water partition coefficient (Wildman–Crippen LogP) is 0.444. The van der Waals surface area contributed by atoms with Gasteiger partial charge in [0, 0.05) is 25.2 Å². The van der Waals surface area contributed by atoms with E-state index in [1.54, 1.807) is 0 Å². The molecule has 13 heavy (non-hydrogen) atoms. The zero-order valence-electron chi connectivity index (χ0n) is 8.41. The third kappa shape index (κ3) is 2.42. The molecule has 0 radical (unpaired) electrons. The van der Waals surface area contributed by atoms with Crippen LogP contribution >= 0.6 is 0 Å². The highest BCUT2D eigenvalue weighted by Crippen LogP contribution is 2.32. The van der Waals surface area contributed by atoms with E-state index in [1.807, 2.05) is 0 Å². The van der Waals surface area contributed by atoms with Crippen LogP contribution in [0.25, 0.3) is 0 Å². The van der Waals surface area contributed by atoms with Crippen molar-refractivity contribution in [2.45, 2.75) is 31.3 Å². The molecule has 0 amide bonds. The van der Waals surface area contributed by atoms with Gasteiger partial charge in [-0.25, -0.2) is 0 Å². The molecule has 1 heterocycles. The van der Waals surface area contributed by atoms with E-state index >= 15 is 0 Å². The minimum atomic E-state index is 0.394. The first kappa shape index (κ1) is 9.44. The molecule has 0 aromatic rings. The zero-order valence-corrected chi connectivity index (χ0v) is 8.41. The second-order valence-electron chi connectivity index (χ2n) is 4.46. The highest BCUT2D eigenvalue weighted by Gasteiger charge is 2.30. The maximum Gasteiger partial charge on any atom is 0.0622 e. The van der Waals surface area contributed by atoms with E-state index in [4.69, 9.17) is 10.5 Å². The smallest absolute Gasteiger partial charge is 0.0622 e. The largest absolute Gasteiger partial charge is 0.380 e. The molecule has 76 valence electrons. The van der Waals surface area contributed by atoms with Crippen LogP contribution in [0.5, 0.6) is 0 Å². The molecule has 2 N–H and O–H groups in total. The fourth-order valence-corrected chi connectivity index (χ4v) is 2.02. The number of nitrogens with zero attached hydrogens (tertiary/aromatic N) is 1. The summed E-state index contributed by atoms with van der Waals surface area (Å²) in [6.45, 7) is 2.86. The van der Waals surface area contributed by atoms with E-state index < -0.39 is 0 Å². The fourth-order valence-electron chi connectivity index (χ4n) is 2.02. The first-order chi connectivity index (χ1) is 6.27. The Bertz CT molecular complexity index is 164. The Hall–Kier alpha value is -0.120. The summed E-state index contributed by atoms with van der Waals surface area (Å²) in [5.74, 6) is 0.810. The number of rotatable bonds is 4. The van der Waals surface area contributed by atoms with Crippen molar-refractivity contribution in [2.24, 2.45) is 11.7 Å². The predicted molar refractivity (Wildman–Crippen MR) is 52.6 cm³/mol. The molecule has 2 aliphatic rings. The quantitative estimate of drug-likeness (QED) is 0.689. The Morgan fingerprint density at radius 2 is 2.23 bits per heavy atom. The van der Waals surface area contributed by atoms with Crippen LogP contribution in [-0.2, 0) is 4.74 Å². The van der Waals surface area contributed by atoms with Crippen molar-refractivity contribution in [1.29, 1.82) is 0 Å². The molecular formula is C10H20N2O. The summed E-state index contributed by atoms with van der Waals surface area (Å²) in [6, 6.07) is 1.01. The maximum atomic E-state index is 6.07. The molecule has 0 aromatic carbocycles. The van der Waals surface area contributed by atoms with Gasteiger partial charge in [-0.3, -0.25) is 4.90 Å². The molecule has 3 nitrogen and oxygen atoms in total. The lowest BCUT2D eigenvalue weighted by Crippen LogP contribution is -2.42. The number of ether oxygens (including phenoxy) is 1. The summed E-state index contributed by atoms with van der Waals surface area (Å²) in [7, 11) is 2.17. The normalized spacial score (nSPS) is 31.2. The Labute approximate surface area is 80.2 Å². The van der Waals surface area contributed by atoms with Crippen molar-refractivity contribution in [3.8, 4) is 0 Å². The lowest BCUT2D eigenvalue weighted by molar-refractivity contribution is 0.154. The molecular weight excluding hydrogens is 164 g/mol. The van der Waals surface area contributed by atoms with Crippen molar-refractivity contribution >= 4 is 0 Å². The average Bonchev–Trinajstić information content (AvgIpc) is 2.81. The molecule has 2 atom stereocenters. The highest BCUT2D eigenvalue weighted by atomic mass is 16.5. The van der Waals surface area contributed by atoms with Gasteiger partial charge in [0.1, 0.15) is 0 Å². The fraction of sp³-hybridized carbons (Fsp3) is 1.00. The van der Waals surface area contributed by atoms with Crippen LogP contribution in [0.15, 0.2) is 0 Å². The van der Waals surface area contributed by atoms with Gasteiger partial charge in [0.25, 0.3) is 0 Å². The van der Waals surface area contributed by atoms with Crippen molar-refractivity contribution in [2.75, 3.05) is 26.8 Å². The summed E-state index contributed by atoms with van der Waals surface area (Å²) in [6.07, 6.45) is 3.86. The third-order valence-electron chi connectivity index (χ3n) is 3.26. The number of nitrogens with two attached hydrogens (primary N) is 1. The van der Waals surface area contributed by atoms with Gasteiger partial charge in [-0.2, -0.15) is 0 Å². The summed E-state index contributed by atoms with van der Waals surface area (Å²) in [5.41, 5.74) is 6.07. The standard InChI is InChI=1S/C10H20N2O/c1-12(9-4-5-13-7-9)6-10(11)8-2-3-8/h8-10H,2-7,11H2,1H3. The monoisotopic (exact) mass is 184 g/mol. The maximum absolute atomic E-state index is 6.07. The number of hydrogen-bond acceptors (Lipinski definition) is 3. The zero-order chi connectivity index (χ0) is 9.26. The van der Waals surface area contributed by atoms with Gasteiger partial charge in [0.15, 0.2) is 0 Å². The minimum Gasteiger partial charge on any atom is -0.380 e. The van der Waals surface area contributed by atoms with E-state index in [9.17, 15) is 0 Å². The Morgan fingerprint density at radius 1 is 1.46 bits per heavy atom. The summed E-state index contributed by atoms with van der Waals surface area (Å²) >= 11 is 0. The van der Waals surface area contributed by atoms with Crippen LogP contribution in [0.4, 0.5) is 0 Å².